The Balaban J connectivity index is 0.00000289. The molecule has 32 heavy (non-hydrogen) atoms. The maximum atomic E-state index is 13.0. The largest absolute Gasteiger partial charge is 0.493 e. The van der Waals surface area contributed by atoms with E-state index in [4.69, 9.17) is 13.9 Å². The van der Waals surface area contributed by atoms with Crippen LogP contribution in [0.25, 0.3) is 11.0 Å². The number of hydrogen-bond donors (Lipinski definition) is 0. The highest BCUT2D eigenvalue weighted by molar-refractivity contribution is 5.97. The number of fused-ring (bicyclic) bond motifs is 2. The van der Waals surface area contributed by atoms with Crippen LogP contribution in [0.4, 0.5) is 0 Å². The molecule has 7 heteroatoms. The predicted octanol–water partition coefficient (Wildman–Crippen LogP) is 4.43. The first-order chi connectivity index (χ1) is 15.1. The molecule has 2 heterocycles. The van der Waals surface area contributed by atoms with Gasteiger partial charge in [0, 0.05) is 37.0 Å². The molecule has 0 fully saturated rings. The number of ether oxygens (including phenoxy) is 2. The normalized spacial score (nSPS) is 13.2. The van der Waals surface area contributed by atoms with E-state index >= 15 is 0 Å². The molecule has 0 saturated carbocycles. The first-order valence-corrected chi connectivity index (χ1v) is 10.8. The number of hydrogen-bond acceptors (Lipinski definition) is 5. The molecule has 0 atom stereocenters. The molecule has 0 saturated heterocycles. The Morgan fingerprint density at radius 2 is 1.81 bits per heavy atom. The lowest BCUT2D eigenvalue weighted by Crippen LogP contribution is -2.39. The average Bonchev–Trinajstić information content (AvgIpc) is 3.21. The van der Waals surface area contributed by atoms with Crippen molar-refractivity contribution in [2.24, 2.45) is 0 Å². The number of nitrogens with zero attached hydrogens (tertiary/aromatic N) is 2. The fourth-order valence-electron chi connectivity index (χ4n) is 4.17. The molecule has 0 radical (unpaired) electrons. The van der Waals surface area contributed by atoms with E-state index < -0.39 is 0 Å². The number of benzene rings is 2. The zero-order chi connectivity index (χ0) is 21.8. The summed E-state index contributed by atoms with van der Waals surface area (Å²) in [6, 6.07) is 14.0. The van der Waals surface area contributed by atoms with Gasteiger partial charge in [0.2, 0.25) is 0 Å². The molecule has 4 rings (SSSR count). The number of furan rings is 1. The van der Waals surface area contributed by atoms with Gasteiger partial charge >= 0.3 is 0 Å². The SMILES string of the molecule is COc1cc2c(cc1OC)C(=O)N(CCCN(C)CCc1cc3ccccc3o1)CC2.Cl. The van der Waals surface area contributed by atoms with Crippen LogP contribution in [-0.4, -0.2) is 63.2 Å². The van der Waals surface area contributed by atoms with Gasteiger partial charge in [-0.25, -0.2) is 0 Å². The van der Waals surface area contributed by atoms with Gasteiger partial charge in [0.1, 0.15) is 11.3 Å². The molecule has 2 aromatic carbocycles. The van der Waals surface area contributed by atoms with Crippen LogP contribution in [0.3, 0.4) is 0 Å². The average molecular weight is 459 g/mol. The number of rotatable bonds is 9. The predicted molar refractivity (Wildman–Crippen MR) is 128 cm³/mol. The standard InChI is InChI=1S/C25H30N2O4.ClH/c1-26(13-10-20-15-19-7-4-5-8-22(19)31-20)11-6-12-27-14-9-18-16-23(29-2)24(30-3)17-21(18)25(27)28;/h4-5,7-8,15-17H,6,9-14H2,1-3H3;1H. The molecule has 1 amide bonds. The summed E-state index contributed by atoms with van der Waals surface area (Å²) in [5.74, 6) is 2.36. The Morgan fingerprint density at radius 3 is 2.56 bits per heavy atom. The quantitative estimate of drug-likeness (QED) is 0.474. The highest BCUT2D eigenvalue weighted by atomic mass is 35.5. The second-order valence-electron chi connectivity index (χ2n) is 8.06. The Bertz CT molecular complexity index is 1030. The van der Waals surface area contributed by atoms with Crippen molar-refractivity contribution in [2.45, 2.75) is 19.3 Å². The summed E-state index contributed by atoms with van der Waals surface area (Å²) in [4.78, 5) is 17.2. The molecule has 0 unspecified atom stereocenters. The van der Waals surface area contributed by atoms with Gasteiger partial charge in [0.15, 0.2) is 11.5 Å². The van der Waals surface area contributed by atoms with E-state index in [9.17, 15) is 4.79 Å². The molecule has 1 aromatic heterocycles. The summed E-state index contributed by atoms with van der Waals surface area (Å²) >= 11 is 0. The van der Waals surface area contributed by atoms with Crippen LogP contribution in [0.5, 0.6) is 11.5 Å². The minimum Gasteiger partial charge on any atom is -0.493 e. The third kappa shape index (κ3) is 5.19. The van der Waals surface area contributed by atoms with E-state index in [2.05, 4.69) is 24.1 Å². The lowest BCUT2D eigenvalue weighted by atomic mass is 9.98. The highest BCUT2D eigenvalue weighted by Gasteiger charge is 2.26. The van der Waals surface area contributed by atoms with E-state index in [1.54, 1.807) is 14.2 Å². The van der Waals surface area contributed by atoms with E-state index in [0.717, 1.165) is 73.3 Å². The number of carbonyl (C=O) groups is 1. The van der Waals surface area contributed by atoms with Crippen molar-refractivity contribution in [3.8, 4) is 11.5 Å². The summed E-state index contributed by atoms with van der Waals surface area (Å²) < 4.78 is 16.6. The van der Waals surface area contributed by atoms with Gasteiger partial charge in [-0.3, -0.25) is 4.79 Å². The zero-order valence-electron chi connectivity index (χ0n) is 18.9. The van der Waals surface area contributed by atoms with E-state index in [1.165, 1.54) is 0 Å². The van der Waals surface area contributed by atoms with Gasteiger partial charge in [-0.1, -0.05) is 18.2 Å². The van der Waals surface area contributed by atoms with Gasteiger partial charge in [-0.05, 0) is 56.3 Å². The number of halogens is 1. The van der Waals surface area contributed by atoms with Gasteiger partial charge in [0.05, 0.1) is 14.2 Å². The number of carbonyl (C=O) groups excluding carboxylic acids is 1. The molecule has 3 aromatic rings. The number of para-hydroxylation sites is 1. The Morgan fingerprint density at radius 1 is 1.06 bits per heavy atom. The van der Waals surface area contributed by atoms with Crippen LogP contribution >= 0.6 is 12.4 Å². The van der Waals surface area contributed by atoms with Crippen molar-refractivity contribution in [2.75, 3.05) is 47.4 Å². The second kappa shape index (κ2) is 10.7. The van der Waals surface area contributed by atoms with E-state index in [-0.39, 0.29) is 18.3 Å². The smallest absolute Gasteiger partial charge is 0.254 e. The van der Waals surface area contributed by atoms with Crippen molar-refractivity contribution in [1.82, 2.24) is 9.80 Å². The fourth-order valence-corrected chi connectivity index (χ4v) is 4.17. The van der Waals surface area contributed by atoms with Crippen LogP contribution in [0.1, 0.15) is 28.1 Å². The summed E-state index contributed by atoms with van der Waals surface area (Å²) in [6.45, 7) is 3.35. The molecule has 0 aliphatic carbocycles. The Kier molecular flexibility index (Phi) is 8.04. The van der Waals surface area contributed by atoms with Crippen LogP contribution in [-0.2, 0) is 12.8 Å². The maximum absolute atomic E-state index is 13.0. The van der Waals surface area contributed by atoms with Crippen molar-refractivity contribution >= 4 is 29.3 Å². The first-order valence-electron chi connectivity index (χ1n) is 10.8. The van der Waals surface area contributed by atoms with Gasteiger partial charge in [0.25, 0.3) is 5.91 Å². The summed E-state index contributed by atoms with van der Waals surface area (Å²) in [7, 11) is 5.33. The molecule has 1 aliphatic rings. The highest BCUT2D eigenvalue weighted by Crippen LogP contribution is 2.33. The van der Waals surface area contributed by atoms with Crippen LogP contribution < -0.4 is 9.47 Å². The molecule has 0 spiro atoms. The minimum atomic E-state index is 0. The fraction of sp³-hybridized carbons (Fsp3) is 0.400. The van der Waals surface area contributed by atoms with Crippen molar-refractivity contribution < 1.29 is 18.7 Å². The van der Waals surface area contributed by atoms with Crippen molar-refractivity contribution in [3.05, 3.63) is 59.4 Å². The Labute approximate surface area is 195 Å². The molecule has 1 aliphatic heterocycles. The third-order valence-corrected chi connectivity index (χ3v) is 5.96. The van der Waals surface area contributed by atoms with Crippen LogP contribution in [0.2, 0.25) is 0 Å². The molecular formula is C25H31ClN2O4. The third-order valence-electron chi connectivity index (χ3n) is 5.96. The second-order valence-corrected chi connectivity index (χ2v) is 8.06. The lowest BCUT2D eigenvalue weighted by molar-refractivity contribution is 0.0732. The number of methoxy groups -OCH3 is 2. The van der Waals surface area contributed by atoms with E-state index in [0.29, 0.717) is 11.5 Å². The summed E-state index contributed by atoms with van der Waals surface area (Å²) in [6.07, 6.45) is 2.65. The molecule has 6 nitrogen and oxygen atoms in total. The van der Waals surface area contributed by atoms with Gasteiger partial charge < -0.3 is 23.7 Å². The molecular weight excluding hydrogens is 428 g/mol. The van der Waals surface area contributed by atoms with Crippen molar-refractivity contribution in [3.63, 3.8) is 0 Å². The van der Waals surface area contributed by atoms with Crippen LogP contribution in [0, 0.1) is 0 Å². The summed E-state index contributed by atoms with van der Waals surface area (Å²) in [5.41, 5.74) is 2.70. The van der Waals surface area contributed by atoms with E-state index in [1.807, 2.05) is 35.2 Å². The van der Waals surface area contributed by atoms with Gasteiger partial charge in [-0.15, -0.1) is 12.4 Å². The number of amides is 1. The topological polar surface area (TPSA) is 55.2 Å². The maximum Gasteiger partial charge on any atom is 0.254 e. The molecule has 172 valence electrons. The minimum absolute atomic E-state index is 0. The molecule has 0 bridgehead atoms. The monoisotopic (exact) mass is 458 g/mol. The van der Waals surface area contributed by atoms with Crippen molar-refractivity contribution in [1.29, 1.82) is 0 Å². The Hall–Kier alpha value is -2.70. The number of likely N-dealkylation sites (N-methyl/N-ethyl adjacent to an activating group) is 1. The van der Waals surface area contributed by atoms with Gasteiger partial charge in [-0.2, -0.15) is 0 Å². The molecule has 0 N–H and O–H groups in total. The summed E-state index contributed by atoms with van der Waals surface area (Å²) in [5, 5.41) is 1.15. The first kappa shape index (κ1) is 24.0. The van der Waals surface area contributed by atoms with Crippen LogP contribution in [0.15, 0.2) is 46.9 Å². The lowest BCUT2D eigenvalue weighted by Gasteiger charge is -2.30. The zero-order valence-corrected chi connectivity index (χ0v) is 19.7.